The zero-order valence-electron chi connectivity index (χ0n) is 13.9. The molecule has 128 valence electrons. The molecule has 4 nitrogen and oxygen atoms in total. The molecule has 3 N–H and O–H groups in total. The highest BCUT2D eigenvalue weighted by molar-refractivity contribution is 5.81. The van der Waals surface area contributed by atoms with E-state index in [1.165, 1.54) is 17.2 Å². The van der Waals surface area contributed by atoms with Crippen molar-refractivity contribution in [1.29, 1.82) is 0 Å². The van der Waals surface area contributed by atoms with E-state index < -0.39 is 12.1 Å². The van der Waals surface area contributed by atoms with Gasteiger partial charge >= 0.3 is 5.97 Å². The number of carbonyl (C=O) groups is 1. The Balaban J connectivity index is 1.70. The molecule has 1 aromatic carbocycles. The Kier molecular flexibility index (Phi) is 3.50. The van der Waals surface area contributed by atoms with Crippen molar-refractivity contribution in [2.75, 3.05) is 0 Å². The lowest BCUT2D eigenvalue weighted by molar-refractivity contribution is -0.131. The smallest absolute Gasteiger partial charge is 0.328 e. The van der Waals surface area contributed by atoms with E-state index in [9.17, 15) is 15.0 Å². The normalized spacial score (nSPS) is 39.2. The third kappa shape index (κ3) is 2.20. The van der Waals surface area contributed by atoms with Crippen LogP contribution in [-0.2, 0) is 11.2 Å². The lowest BCUT2D eigenvalue weighted by Crippen LogP contribution is -2.44. The number of aliphatic carboxylic acids is 1. The van der Waals surface area contributed by atoms with Crippen LogP contribution < -0.4 is 0 Å². The van der Waals surface area contributed by atoms with Crippen LogP contribution in [0.25, 0.3) is 0 Å². The Bertz CT molecular complexity index is 722. The van der Waals surface area contributed by atoms with Crippen molar-refractivity contribution in [3.8, 4) is 5.75 Å². The second-order valence-electron chi connectivity index (χ2n) is 8.01. The maximum absolute atomic E-state index is 11.1. The summed E-state index contributed by atoms with van der Waals surface area (Å²) in [6.45, 7) is 2.13. The molecule has 3 aliphatic carbocycles. The summed E-state index contributed by atoms with van der Waals surface area (Å²) in [5, 5.41) is 29.6. The first-order valence-corrected chi connectivity index (χ1v) is 8.83. The number of aliphatic hydroxyl groups excluding tert-OH is 1. The molecule has 2 saturated carbocycles. The Hall–Kier alpha value is -1.81. The van der Waals surface area contributed by atoms with E-state index in [0.717, 1.165) is 25.7 Å². The number of fused-ring (bicyclic) bond motifs is 5. The number of aliphatic hydroxyl groups is 1. The fourth-order valence-corrected chi connectivity index (χ4v) is 5.73. The Labute approximate surface area is 141 Å². The summed E-state index contributed by atoms with van der Waals surface area (Å²) >= 11 is 0. The SMILES string of the molecule is CC12CCC3c4ccc(O)cc4CCC3C1CC(=CC(=O)O)C2O. The van der Waals surface area contributed by atoms with Crippen LogP contribution in [0, 0.1) is 17.3 Å². The third-order valence-electron chi connectivity index (χ3n) is 6.89. The standard InChI is InChI=1S/C20H24O4/c1-20-7-6-15-14-5-3-13(21)8-11(14)2-4-16(15)17(20)9-12(19(20)24)10-18(22)23/h3,5,8,10,15-17,19,21,24H,2,4,6-7,9H2,1H3,(H,22,23). The minimum Gasteiger partial charge on any atom is -0.508 e. The van der Waals surface area contributed by atoms with Crippen LogP contribution in [0.15, 0.2) is 29.8 Å². The summed E-state index contributed by atoms with van der Waals surface area (Å²) < 4.78 is 0. The molecule has 0 amide bonds. The average Bonchev–Trinajstić information content (AvgIpc) is 2.78. The van der Waals surface area contributed by atoms with Gasteiger partial charge in [0.15, 0.2) is 0 Å². The molecule has 0 aliphatic heterocycles. The third-order valence-corrected chi connectivity index (χ3v) is 6.89. The highest BCUT2D eigenvalue weighted by Gasteiger charge is 2.56. The van der Waals surface area contributed by atoms with E-state index >= 15 is 0 Å². The van der Waals surface area contributed by atoms with E-state index in [4.69, 9.17) is 5.11 Å². The molecule has 4 heteroatoms. The molecule has 0 bridgehead atoms. The predicted octanol–water partition coefficient (Wildman–Crippen LogP) is 3.23. The van der Waals surface area contributed by atoms with Crippen LogP contribution in [0.1, 0.15) is 49.7 Å². The summed E-state index contributed by atoms with van der Waals surface area (Å²) in [5.41, 5.74) is 3.07. The molecule has 1 aromatic rings. The largest absolute Gasteiger partial charge is 0.508 e. The molecule has 5 unspecified atom stereocenters. The van der Waals surface area contributed by atoms with E-state index in [1.54, 1.807) is 6.07 Å². The van der Waals surface area contributed by atoms with Gasteiger partial charge in [0.1, 0.15) is 5.75 Å². The molecule has 0 radical (unpaired) electrons. The fourth-order valence-electron chi connectivity index (χ4n) is 5.73. The van der Waals surface area contributed by atoms with Gasteiger partial charge in [-0.1, -0.05) is 13.0 Å². The molecule has 3 aliphatic rings. The highest BCUT2D eigenvalue weighted by Crippen LogP contribution is 2.62. The van der Waals surface area contributed by atoms with Crippen molar-refractivity contribution in [1.82, 2.24) is 0 Å². The molecular weight excluding hydrogens is 304 g/mol. The summed E-state index contributed by atoms with van der Waals surface area (Å²) in [4.78, 5) is 11.1. The van der Waals surface area contributed by atoms with E-state index in [1.807, 2.05) is 6.07 Å². The number of hydrogen-bond acceptors (Lipinski definition) is 3. The van der Waals surface area contributed by atoms with Gasteiger partial charge in [-0.3, -0.25) is 0 Å². The van der Waals surface area contributed by atoms with Gasteiger partial charge in [-0.15, -0.1) is 0 Å². The number of aryl methyl sites for hydroxylation is 1. The van der Waals surface area contributed by atoms with Gasteiger partial charge in [-0.2, -0.15) is 0 Å². The molecule has 4 rings (SSSR count). The van der Waals surface area contributed by atoms with Gasteiger partial charge in [-0.05, 0) is 78.7 Å². The number of aromatic hydroxyl groups is 1. The first-order valence-electron chi connectivity index (χ1n) is 8.83. The molecule has 0 heterocycles. The van der Waals surface area contributed by atoms with Crippen molar-refractivity contribution in [3.05, 3.63) is 41.0 Å². The van der Waals surface area contributed by atoms with Crippen molar-refractivity contribution in [2.45, 2.75) is 51.0 Å². The van der Waals surface area contributed by atoms with Crippen molar-refractivity contribution in [2.24, 2.45) is 17.3 Å². The van der Waals surface area contributed by atoms with Crippen molar-refractivity contribution < 1.29 is 20.1 Å². The molecule has 2 fully saturated rings. The Morgan fingerprint density at radius 3 is 2.88 bits per heavy atom. The molecular formula is C20H24O4. The van der Waals surface area contributed by atoms with Gasteiger partial charge in [0, 0.05) is 11.5 Å². The molecule has 5 atom stereocenters. The quantitative estimate of drug-likeness (QED) is 0.692. The van der Waals surface area contributed by atoms with Gasteiger partial charge in [0.2, 0.25) is 0 Å². The first kappa shape index (κ1) is 15.7. The zero-order chi connectivity index (χ0) is 17.1. The van der Waals surface area contributed by atoms with Crippen molar-refractivity contribution in [3.63, 3.8) is 0 Å². The maximum Gasteiger partial charge on any atom is 0.328 e. The van der Waals surface area contributed by atoms with Crippen LogP contribution in [0.2, 0.25) is 0 Å². The number of phenolic OH excluding ortho intramolecular Hbond substituents is 1. The second-order valence-corrected chi connectivity index (χ2v) is 8.01. The fraction of sp³-hybridized carbons (Fsp3) is 0.550. The zero-order valence-corrected chi connectivity index (χ0v) is 13.9. The Morgan fingerprint density at radius 2 is 2.12 bits per heavy atom. The lowest BCUT2D eigenvalue weighted by Gasteiger charge is -2.49. The van der Waals surface area contributed by atoms with Crippen LogP contribution in [-0.4, -0.2) is 27.4 Å². The molecule has 0 spiro atoms. The number of carboxylic acid groups (broad SMARTS) is 1. The number of hydrogen-bond donors (Lipinski definition) is 3. The lowest BCUT2D eigenvalue weighted by atomic mass is 9.55. The first-order chi connectivity index (χ1) is 11.4. The summed E-state index contributed by atoms with van der Waals surface area (Å²) in [6.07, 6.45) is 5.21. The van der Waals surface area contributed by atoms with Crippen molar-refractivity contribution >= 4 is 5.97 Å². The number of benzene rings is 1. The van der Waals surface area contributed by atoms with Crippen LogP contribution in [0.5, 0.6) is 5.75 Å². The van der Waals surface area contributed by atoms with Gasteiger partial charge in [0.25, 0.3) is 0 Å². The summed E-state index contributed by atoms with van der Waals surface area (Å²) in [5.74, 6) is 0.640. The summed E-state index contributed by atoms with van der Waals surface area (Å²) in [7, 11) is 0. The minimum atomic E-state index is -0.965. The van der Waals surface area contributed by atoms with Gasteiger partial charge in [-0.25, -0.2) is 4.79 Å². The highest BCUT2D eigenvalue weighted by atomic mass is 16.4. The van der Waals surface area contributed by atoms with Crippen LogP contribution >= 0.6 is 0 Å². The average molecular weight is 328 g/mol. The number of rotatable bonds is 1. The van der Waals surface area contributed by atoms with Crippen LogP contribution in [0.3, 0.4) is 0 Å². The van der Waals surface area contributed by atoms with Gasteiger partial charge < -0.3 is 15.3 Å². The van der Waals surface area contributed by atoms with E-state index in [0.29, 0.717) is 35.5 Å². The summed E-state index contributed by atoms with van der Waals surface area (Å²) in [6, 6.07) is 5.72. The molecule has 0 saturated heterocycles. The number of carboxylic acids is 1. The minimum absolute atomic E-state index is 0.211. The van der Waals surface area contributed by atoms with E-state index in [-0.39, 0.29) is 5.41 Å². The predicted molar refractivity (Wildman–Crippen MR) is 89.8 cm³/mol. The van der Waals surface area contributed by atoms with E-state index in [2.05, 4.69) is 13.0 Å². The van der Waals surface area contributed by atoms with Gasteiger partial charge in [0.05, 0.1) is 6.10 Å². The monoisotopic (exact) mass is 328 g/mol. The molecule has 24 heavy (non-hydrogen) atoms. The Morgan fingerprint density at radius 1 is 1.33 bits per heavy atom. The maximum atomic E-state index is 11.1. The second kappa shape index (κ2) is 5.35. The topological polar surface area (TPSA) is 77.8 Å². The van der Waals surface area contributed by atoms with Crippen LogP contribution in [0.4, 0.5) is 0 Å². The number of phenols is 1. The molecule has 0 aromatic heterocycles.